The van der Waals surface area contributed by atoms with E-state index in [9.17, 15) is 0 Å². The van der Waals surface area contributed by atoms with Crippen LogP contribution in [0.3, 0.4) is 0 Å². The van der Waals surface area contributed by atoms with Gasteiger partial charge in [-0.05, 0) is 17.5 Å². The molecule has 1 heteroatoms. The standard InChI is InChI=1S/C10H13O/c1-8(2)9-5-4-6-10(7-9)11-3/h4-5,7-8H,1-3H3. The first-order valence-corrected chi connectivity index (χ1v) is 3.79. The fraction of sp³-hybridized carbons (Fsp3) is 0.400. The van der Waals surface area contributed by atoms with Gasteiger partial charge in [-0.3, -0.25) is 0 Å². The number of hydrogen-bond acceptors (Lipinski definition) is 1. The largest absolute Gasteiger partial charge is 0.496 e. The van der Waals surface area contributed by atoms with Gasteiger partial charge in [-0.15, -0.1) is 0 Å². The molecule has 0 saturated heterocycles. The molecule has 0 aliphatic carbocycles. The van der Waals surface area contributed by atoms with E-state index in [1.54, 1.807) is 7.11 Å². The number of ether oxygens (including phenoxy) is 1. The Morgan fingerprint density at radius 1 is 1.45 bits per heavy atom. The zero-order valence-electron chi connectivity index (χ0n) is 7.22. The zero-order chi connectivity index (χ0) is 8.27. The molecule has 0 fully saturated rings. The van der Waals surface area contributed by atoms with Crippen LogP contribution >= 0.6 is 0 Å². The van der Waals surface area contributed by atoms with E-state index in [0.29, 0.717) is 5.92 Å². The van der Waals surface area contributed by atoms with Crippen LogP contribution in [0.5, 0.6) is 5.75 Å². The molecule has 0 amide bonds. The number of methoxy groups -OCH3 is 1. The molecule has 0 aromatic heterocycles. The van der Waals surface area contributed by atoms with Crippen LogP contribution in [-0.4, -0.2) is 7.11 Å². The molecule has 1 radical (unpaired) electrons. The summed E-state index contributed by atoms with van der Waals surface area (Å²) < 4.78 is 5.05. The summed E-state index contributed by atoms with van der Waals surface area (Å²) in [6, 6.07) is 8.97. The Labute approximate surface area is 68.0 Å². The van der Waals surface area contributed by atoms with Crippen molar-refractivity contribution >= 4 is 0 Å². The minimum absolute atomic E-state index is 0.554. The Morgan fingerprint density at radius 2 is 2.18 bits per heavy atom. The molecule has 0 atom stereocenters. The lowest BCUT2D eigenvalue weighted by molar-refractivity contribution is 0.413. The first-order chi connectivity index (χ1) is 5.24. The Hall–Kier alpha value is -0.980. The van der Waals surface area contributed by atoms with Gasteiger partial charge in [0.15, 0.2) is 0 Å². The predicted molar refractivity (Wildman–Crippen MR) is 45.9 cm³/mol. The molecule has 59 valence electrons. The van der Waals surface area contributed by atoms with Crippen molar-refractivity contribution < 1.29 is 4.74 Å². The van der Waals surface area contributed by atoms with E-state index < -0.39 is 0 Å². The smallest absolute Gasteiger partial charge is 0.127 e. The molecule has 0 spiro atoms. The van der Waals surface area contributed by atoms with Crippen molar-refractivity contribution in [3.8, 4) is 5.75 Å². The van der Waals surface area contributed by atoms with Crippen LogP contribution in [0.1, 0.15) is 25.3 Å². The van der Waals surface area contributed by atoms with E-state index in [1.165, 1.54) is 5.56 Å². The highest BCUT2D eigenvalue weighted by Gasteiger charge is 1.99. The van der Waals surface area contributed by atoms with Gasteiger partial charge in [-0.1, -0.05) is 26.0 Å². The van der Waals surface area contributed by atoms with Crippen molar-refractivity contribution in [3.63, 3.8) is 0 Å². The van der Waals surface area contributed by atoms with E-state index in [0.717, 1.165) is 5.75 Å². The SMILES string of the molecule is COc1[c]ccc(C(C)C)c1. The van der Waals surface area contributed by atoms with Crippen LogP contribution in [0.2, 0.25) is 0 Å². The predicted octanol–water partition coefficient (Wildman–Crippen LogP) is 2.62. The van der Waals surface area contributed by atoms with Gasteiger partial charge in [0.05, 0.1) is 7.11 Å². The van der Waals surface area contributed by atoms with Gasteiger partial charge in [-0.2, -0.15) is 0 Å². The van der Waals surface area contributed by atoms with Gasteiger partial charge in [0.25, 0.3) is 0 Å². The van der Waals surface area contributed by atoms with E-state index >= 15 is 0 Å². The maximum absolute atomic E-state index is 5.05. The Kier molecular flexibility index (Phi) is 2.53. The fourth-order valence-corrected chi connectivity index (χ4v) is 0.938. The van der Waals surface area contributed by atoms with Gasteiger partial charge in [0.1, 0.15) is 5.75 Å². The topological polar surface area (TPSA) is 9.23 Å². The van der Waals surface area contributed by atoms with Crippen LogP contribution in [0.25, 0.3) is 0 Å². The van der Waals surface area contributed by atoms with Crippen LogP contribution in [-0.2, 0) is 0 Å². The summed E-state index contributed by atoms with van der Waals surface area (Å²) >= 11 is 0. The van der Waals surface area contributed by atoms with Crippen LogP contribution in [0, 0.1) is 6.07 Å². The normalized spacial score (nSPS) is 10.2. The van der Waals surface area contributed by atoms with Gasteiger partial charge in [0, 0.05) is 6.07 Å². The van der Waals surface area contributed by atoms with Crippen molar-refractivity contribution in [1.29, 1.82) is 0 Å². The average Bonchev–Trinajstić information content (AvgIpc) is 2.05. The van der Waals surface area contributed by atoms with E-state index in [2.05, 4.69) is 26.0 Å². The minimum Gasteiger partial charge on any atom is -0.496 e. The quantitative estimate of drug-likeness (QED) is 0.628. The number of benzene rings is 1. The second kappa shape index (κ2) is 3.42. The summed E-state index contributed by atoms with van der Waals surface area (Å²) in [6.07, 6.45) is 0. The molecular formula is C10H13O. The van der Waals surface area contributed by atoms with Gasteiger partial charge in [0.2, 0.25) is 0 Å². The molecule has 1 aromatic carbocycles. The second-order valence-electron chi connectivity index (χ2n) is 2.85. The van der Waals surface area contributed by atoms with E-state index in [-0.39, 0.29) is 0 Å². The van der Waals surface area contributed by atoms with Crippen LogP contribution < -0.4 is 4.74 Å². The fourth-order valence-electron chi connectivity index (χ4n) is 0.938. The van der Waals surface area contributed by atoms with Gasteiger partial charge >= 0.3 is 0 Å². The highest BCUT2D eigenvalue weighted by Crippen LogP contribution is 2.18. The second-order valence-corrected chi connectivity index (χ2v) is 2.85. The molecule has 1 nitrogen and oxygen atoms in total. The first-order valence-electron chi connectivity index (χ1n) is 3.79. The lowest BCUT2D eigenvalue weighted by Crippen LogP contribution is -1.88. The van der Waals surface area contributed by atoms with Crippen molar-refractivity contribution in [3.05, 3.63) is 29.8 Å². The lowest BCUT2D eigenvalue weighted by atomic mass is 10.0. The number of hydrogen-bond donors (Lipinski definition) is 0. The van der Waals surface area contributed by atoms with Gasteiger partial charge < -0.3 is 4.74 Å². The molecule has 0 aliphatic rings. The molecule has 11 heavy (non-hydrogen) atoms. The summed E-state index contributed by atoms with van der Waals surface area (Å²) in [7, 11) is 1.66. The molecule has 1 aromatic rings. The molecular weight excluding hydrogens is 136 g/mol. The maximum Gasteiger partial charge on any atom is 0.127 e. The number of rotatable bonds is 2. The van der Waals surface area contributed by atoms with E-state index in [4.69, 9.17) is 4.74 Å². The lowest BCUT2D eigenvalue weighted by Gasteiger charge is -2.05. The molecule has 1 rings (SSSR count). The Morgan fingerprint density at radius 3 is 2.73 bits per heavy atom. The molecule has 0 saturated carbocycles. The summed E-state index contributed by atoms with van der Waals surface area (Å²) in [5.41, 5.74) is 1.29. The van der Waals surface area contributed by atoms with Gasteiger partial charge in [-0.25, -0.2) is 0 Å². The third kappa shape index (κ3) is 1.97. The highest BCUT2D eigenvalue weighted by atomic mass is 16.5. The van der Waals surface area contributed by atoms with Crippen LogP contribution in [0.15, 0.2) is 18.2 Å². The van der Waals surface area contributed by atoms with E-state index in [1.807, 2.05) is 12.1 Å². The average molecular weight is 149 g/mol. The molecule has 0 N–H and O–H groups in total. The van der Waals surface area contributed by atoms with Crippen molar-refractivity contribution in [2.75, 3.05) is 7.11 Å². The Balaban J connectivity index is 2.91. The minimum atomic E-state index is 0.554. The summed E-state index contributed by atoms with van der Waals surface area (Å²) in [6.45, 7) is 4.32. The monoisotopic (exact) mass is 149 g/mol. The summed E-state index contributed by atoms with van der Waals surface area (Å²) in [4.78, 5) is 0. The van der Waals surface area contributed by atoms with Crippen molar-refractivity contribution in [2.24, 2.45) is 0 Å². The van der Waals surface area contributed by atoms with Crippen molar-refractivity contribution in [1.82, 2.24) is 0 Å². The maximum atomic E-state index is 5.05. The molecule has 0 bridgehead atoms. The first kappa shape index (κ1) is 8.12. The molecule has 0 heterocycles. The highest BCUT2D eigenvalue weighted by molar-refractivity contribution is 5.28. The summed E-state index contributed by atoms with van der Waals surface area (Å²) in [5.74, 6) is 1.37. The molecule has 0 aliphatic heterocycles. The third-order valence-electron chi connectivity index (χ3n) is 1.69. The van der Waals surface area contributed by atoms with Crippen molar-refractivity contribution in [2.45, 2.75) is 19.8 Å². The van der Waals surface area contributed by atoms with Crippen LogP contribution in [0.4, 0.5) is 0 Å². The zero-order valence-corrected chi connectivity index (χ0v) is 7.22. The summed E-state index contributed by atoms with van der Waals surface area (Å²) in [5, 5.41) is 0. The Bertz CT molecular complexity index is 228. The third-order valence-corrected chi connectivity index (χ3v) is 1.69. The molecule has 0 unspecified atom stereocenters.